The van der Waals surface area contributed by atoms with Gasteiger partial charge in [0.15, 0.2) is 5.65 Å². The minimum Gasteiger partial charge on any atom is -0.383 e. The van der Waals surface area contributed by atoms with Crippen LogP contribution in [0.4, 0.5) is 5.82 Å². The summed E-state index contributed by atoms with van der Waals surface area (Å²) in [5.74, 6) is 1.40. The predicted molar refractivity (Wildman–Crippen MR) is 91.2 cm³/mol. The fourth-order valence-electron chi connectivity index (χ4n) is 2.81. The lowest BCUT2D eigenvalue weighted by Gasteiger charge is -2.16. The van der Waals surface area contributed by atoms with Crippen LogP contribution in [0.15, 0.2) is 24.7 Å². The zero-order valence-electron chi connectivity index (χ0n) is 13.8. The number of nitrogens with zero attached hydrogens (tertiary/aromatic N) is 5. The summed E-state index contributed by atoms with van der Waals surface area (Å²) >= 11 is 0. The molecule has 0 saturated carbocycles. The number of imidazole rings is 1. The van der Waals surface area contributed by atoms with Gasteiger partial charge in [-0.05, 0) is 19.4 Å². The van der Waals surface area contributed by atoms with E-state index in [0.29, 0.717) is 5.82 Å². The highest BCUT2D eigenvalue weighted by Gasteiger charge is 2.18. The molecule has 0 radical (unpaired) electrons. The number of fused-ring (bicyclic) bond motifs is 1. The van der Waals surface area contributed by atoms with Gasteiger partial charge in [0.25, 0.3) is 0 Å². The first-order valence-electron chi connectivity index (χ1n) is 8.08. The molecule has 0 fully saturated rings. The van der Waals surface area contributed by atoms with Crippen LogP contribution < -0.4 is 5.73 Å². The molecule has 1 atom stereocenters. The summed E-state index contributed by atoms with van der Waals surface area (Å²) in [7, 11) is 0. The van der Waals surface area contributed by atoms with Crippen molar-refractivity contribution >= 4 is 17.0 Å². The van der Waals surface area contributed by atoms with Gasteiger partial charge in [-0.1, -0.05) is 26.3 Å². The molecule has 1 unspecified atom stereocenters. The zero-order valence-corrected chi connectivity index (χ0v) is 13.8. The van der Waals surface area contributed by atoms with Crippen molar-refractivity contribution in [2.75, 3.05) is 5.73 Å². The molecule has 120 valence electrons. The quantitative estimate of drug-likeness (QED) is 0.783. The van der Waals surface area contributed by atoms with Crippen LogP contribution >= 0.6 is 0 Å². The molecule has 3 aromatic rings. The Balaban J connectivity index is 2.15. The molecular weight excluding hydrogens is 288 g/mol. The van der Waals surface area contributed by atoms with E-state index in [1.807, 2.05) is 18.5 Å². The summed E-state index contributed by atoms with van der Waals surface area (Å²) in [5, 5.41) is 0. The first kappa shape index (κ1) is 15.4. The highest BCUT2D eigenvalue weighted by molar-refractivity contribution is 5.74. The van der Waals surface area contributed by atoms with E-state index in [2.05, 4.69) is 40.3 Å². The standard InChI is InChI=1S/C17H22N6/c1-4-7-13-15-17(22-14(5-2)21-13)23(10-20-15)11(3)12-8-6-9-19-16(12)18/h6,8-11H,4-5,7H2,1-3H3,(H2,18,19). The molecular formula is C17H22N6. The van der Waals surface area contributed by atoms with Crippen LogP contribution in [0, 0.1) is 0 Å². The molecule has 0 spiro atoms. The van der Waals surface area contributed by atoms with Crippen molar-refractivity contribution in [2.24, 2.45) is 0 Å². The smallest absolute Gasteiger partial charge is 0.164 e. The Morgan fingerprint density at radius 2 is 2.04 bits per heavy atom. The molecule has 0 aliphatic rings. The zero-order chi connectivity index (χ0) is 16.4. The van der Waals surface area contributed by atoms with Gasteiger partial charge in [-0.25, -0.2) is 19.9 Å². The van der Waals surface area contributed by atoms with Gasteiger partial charge in [-0.2, -0.15) is 0 Å². The van der Waals surface area contributed by atoms with Crippen LogP contribution in [-0.2, 0) is 12.8 Å². The third-order valence-corrected chi connectivity index (χ3v) is 4.08. The SMILES string of the molecule is CCCc1nc(CC)nc2c1ncn2C(C)c1cccnc1N. The van der Waals surface area contributed by atoms with Gasteiger partial charge >= 0.3 is 0 Å². The molecule has 3 heterocycles. The fraction of sp³-hybridized carbons (Fsp3) is 0.412. The van der Waals surface area contributed by atoms with Crippen LogP contribution in [0.25, 0.3) is 11.2 Å². The van der Waals surface area contributed by atoms with E-state index >= 15 is 0 Å². The van der Waals surface area contributed by atoms with E-state index in [1.165, 1.54) is 0 Å². The van der Waals surface area contributed by atoms with E-state index in [-0.39, 0.29) is 6.04 Å². The topological polar surface area (TPSA) is 82.5 Å². The summed E-state index contributed by atoms with van der Waals surface area (Å²) in [6.45, 7) is 6.30. The fourth-order valence-corrected chi connectivity index (χ4v) is 2.81. The maximum absolute atomic E-state index is 6.03. The highest BCUT2D eigenvalue weighted by atomic mass is 15.1. The first-order valence-corrected chi connectivity index (χ1v) is 8.08. The Morgan fingerprint density at radius 1 is 1.22 bits per heavy atom. The Labute approximate surface area is 135 Å². The van der Waals surface area contributed by atoms with Gasteiger partial charge in [0.2, 0.25) is 0 Å². The molecule has 0 aromatic carbocycles. The number of aryl methyl sites for hydroxylation is 2. The summed E-state index contributed by atoms with van der Waals surface area (Å²) in [6, 6.07) is 3.91. The first-order chi connectivity index (χ1) is 11.2. The number of nitrogen functional groups attached to an aromatic ring is 1. The number of pyridine rings is 1. The van der Waals surface area contributed by atoms with Crippen molar-refractivity contribution in [3.63, 3.8) is 0 Å². The lowest BCUT2D eigenvalue weighted by Crippen LogP contribution is -2.11. The van der Waals surface area contributed by atoms with E-state index in [9.17, 15) is 0 Å². The molecule has 6 heteroatoms. The lowest BCUT2D eigenvalue weighted by atomic mass is 10.1. The van der Waals surface area contributed by atoms with Gasteiger partial charge in [-0.15, -0.1) is 0 Å². The van der Waals surface area contributed by atoms with E-state index in [4.69, 9.17) is 10.7 Å². The number of aromatic nitrogens is 5. The predicted octanol–water partition coefficient (Wildman–Crippen LogP) is 2.93. The molecule has 6 nitrogen and oxygen atoms in total. The monoisotopic (exact) mass is 310 g/mol. The molecule has 0 amide bonds. The van der Waals surface area contributed by atoms with Crippen molar-refractivity contribution in [1.82, 2.24) is 24.5 Å². The average Bonchev–Trinajstić information content (AvgIpc) is 2.99. The molecule has 0 aliphatic heterocycles. The number of hydrogen-bond donors (Lipinski definition) is 1. The van der Waals surface area contributed by atoms with E-state index in [0.717, 1.165) is 47.5 Å². The molecule has 0 aliphatic carbocycles. The third kappa shape index (κ3) is 2.76. The maximum atomic E-state index is 6.03. The van der Waals surface area contributed by atoms with Crippen molar-refractivity contribution in [2.45, 2.75) is 46.1 Å². The van der Waals surface area contributed by atoms with E-state index in [1.54, 1.807) is 6.20 Å². The van der Waals surface area contributed by atoms with Crippen molar-refractivity contribution in [3.8, 4) is 0 Å². The average molecular weight is 310 g/mol. The number of anilines is 1. The molecule has 0 saturated heterocycles. The van der Waals surface area contributed by atoms with Gasteiger partial charge in [0.05, 0.1) is 18.1 Å². The molecule has 3 aromatic heterocycles. The Hall–Kier alpha value is -2.50. The summed E-state index contributed by atoms with van der Waals surface area (Å²) in [5.41, 5.74) is 9.79. The van der Waals surface area contributed by atoms with Gasteiger partial charge in [-0.3, -0.25) is 0 Å². The second-order valence-corrected chi connectivity index (χ2v) is 5.67. The van der Waals surface area contributed by atoms with Gasteiger partial charge < -0.3 is 10.3 Å². The second-order valence-electron chi connectivity index (χ2n) is 5.67. The highest BCUT2D eigenvalue weighted by Crippen LogP contribution is 2.26. The van der Waals surface area contributed by atoms with Crippen LogP contribution in [0.5, 0.6) is 0 Å². The van der Waals surface area contributed by atoms with Gasteiger partial charge in [0.1, 0.15) is 17.2 Å². The van der Waals surface area contributed by atoms with Crippen molar-refractivity contribution in [3.05, 3.63) is 41.7 Å². The molecule has 0 bridgehead atoms. The third-order valence-electron chi connectivity index (χ3n) is 4.08. The van der Waals surface area contributed by atoms with E-state index < -0.39 is 0 Å². The molecule has 23 heavy (non-hydrogen) atoms. The van der Waals surface area contributed by atoms with Crippen molar-refractivity contribution in [1.29, 1.82) is 0 Å². The lowest BCUT2D eigenvalue weighted by molar-refractivity contribution is 0.650. The number of hydrogen-bond acceptors (Lipinski definition) is 5. The summed E-state index contributed by atoms with van der Waals surface area (Å²) in [4.78, 5) is 18.1. The Kier molecular flexibility index (Phi) is 4.23. The van der Waals surface area contributed by atoms with Crippen LogP contribution in [-0.4, -0.2) is 24.5 Å². The second kappa shape index (κ2) is 6.32. The summed E-state index contributed by atoms with van der Waals surface area (Å²) < 4.78 is 2.06. The largest absolute Gasteiger partial charge is 0.383 e. The Bertz CT molecular complexity index is 823. The maximum Gasteiger partial charge on any atom is 0.164 e. The summed E-state index contributed by atoms with van der Waals surface area (Å²) in [6.07, 6.45) is 6.28. The Morgan fingerprint density at radius 3 is 2.74 bits per heavy atom. The molecule has 2 N–H and O–H groups in total. The normalized spacial score (nSPS) is 12.7. The van der Waals surface area contributed by atoms with Crippen molar-refractivity contribution < 1.29 is 0 Å². The number of rotatable bonds is 5. The van der Waals surface area contributed by atoms with Crippen LogP contribution in [0.1, 0.15) is 50.3 Å². The number of nitrogens with two attached hydrogens (primary N) is 1. The molecule has 3 rings (SSSR count). The minimum atomic E-state index is 0.0165. The van der Waals surface area contributed by atoms with Crippen LogP contribution in [0.3, 0.4) is 0 Å². The minimum absolute atomic E-state index is 0.0165. The van der Waals surface area contributed by atoms with Crippen LogP contribution in [0.2, 0.25) is 0 Å². The van der Waals surface area contributed by atoms with Gasteiger partial charge in [0, 0.05) is 18.2 Å².